The van der Waals surface area contributed by atoms with Crippen LogP contribution in [0.3, 0.4) is 0 Å². The number of hydrogen-bond acceptors (Lipinski definition) is 4. The van der Waals surface area contributed by atoms with E-state index in [-0.39, 0.29) is 30.0 Å². The second-order valence-corrected chi connectivity index (χ2v) is 7.88. The van der Waals surface area contributed by atoms with E-state index in [4.69, 9.17) is 9.15 Å². The van der Waals surface area contributed by atoms with E-state index in [2.05, 4.69) is 56.5 Å². The summed E-state index contributed by atoms with van der Waals surface area (Å²) in [5.41, 5.74) is 1.42. The Hall–Kier alpha value is -1.58. The molecular weight excluding hydrogens is 491 g/mol. The molecule has 3 heterocycles. The number of nitrogens with one attached hydrogen (secondary N) is 1. The molecule has 4 rings (SSSR count). The van der Waals surface area contributed by atoms with Gasteiger partial charge in [-0.3, -0.25) is 9.89 Å². The number of hydrogen-bond donors (Lipinski definition) is 1. The van der Waals surface area contributed by atoms with Crippen molar-refractivity contribution in [1.29, 1.82) is 0 Å². The summed E-state index contributed by atoms with van der Waals surface area (Å²) >= 11 is 0. The molecule has 6 nitrogen and oxygen atoms in total. The number of ether oxygens (including phenoxy) is 1. The molecule has 7 heteroatoms. The molecule has 0 bridgehead atoms. The van der Waals surface area contributed by atoms with Crippen LogP contribution in [0.2, 0.25) is 0 Å². The maximum Gasteiger partial charge on any atom is 0.193 e. The first kappa shape index (κ1) is 23.1. The van der Waals surface area contributed by atoms with Gasteiger partial charge in [0.25, 0.3) is 0 Å². The molecule has 2 aliphatic rings. The molecule has 164 valence electrons. The van der Waals surface area contributed by atoms with E-state index in [1.165, 1.54) is 5.56 Å². The van der Waals surface area contributed by atoms with Crippen molar-refractivity contribution in [3.63, 3.8) is 0 Å². The van der Waals surface area contributed by atoms with Gasteiger partial charge in [-0.15, -0.1) is 24.0 Å². The minimum atomic E-state index is 0. The standard InChI is InChI=1S/C23H32N4O2.HI/c1-18-8-9-22(29-18)21(26-12-14-28-15-13-26)16-25-23(24-2)27-11-10-20(17-27)19-6-4-3-5-7-19;/h3-9,20-21H,10-17H2,1-2H3,(H,24,25);1H. The van der Waals surface area contributed by atoms with E-state index in [0.717, 1.165) is 69.8 Å². The predicted octanol–water partition coefficient (Wildman–Crippen LogP) is 3.64. The van der Waals surface area contributed by atoms with Gasteiger partial charge in [0.15, 0.2) is 5.96 Å². The summed E-state index contributed by atoms with van der Waals surface area (Å²) in [5, 5.41) is 3.62. The van der Waals surface area contributed by atoms with Crippen molar-refractivity contribution in [1.82, 2.24) is 15.1 Å². The topological polar surface area (TPSA) is 53.2 Å². The number of furan rings is 1. The molecule has 1 aromatic heterocycles. The van der Waals surface area contributed by atoms with Gasteiger partial charge in [0.05, 0.1) is 19.3 Å². The molecule has 0 spiro atoms. The summed E-state index contributed by atoms with van der Waals surface area (Å²) < 4.78 is 11.5. The molecule has 2 saturated heterocycles. The minimum absolute atomic E-state index is 0. The maximum atomic E-state index is 5.99. The van der Waals surface area contributed by atoms with Gasteiger partial charge in [0.2, 0.25) is 0 Å². The molecule has 2 atom stereocenters. The fourth-order valence-corrected chi connectivity index (χ4v) is 4.40. The number of nitrogens with zero attached hydrogens (tertiary/aromatic N) is 3. The number of rotatable bonds is 5. The SMILES string of the molecule is CN=C(NCC(c1ccc(C)o1)N1CCOCC1)N1CCC(c2ccccc2)C1.I. The van der Waals surface area contributed by atoms with Crippen LogP contribution < -0.4 is 5.32 Å². The van der Waals surface area contributed by atoms with Crippen LogP contribution in [0, 0.1) is 6.92 Å². The van der Waals surface area contributed by atoms with Gasteiger partial charge in [-0.25, -0.2) is 0 Å². The van der Waals surface area contributed by atoms with Crippen LogP contribution >= 0.6 is 24.0 Å². The quantitative estimate of drug-likeness (QED) is 0.368. The molecule has 1 N–H and O–H groups in total. The Balaban J connectivity index is 0.00000256. The number of aryl methyl sites for hydroxylation is 1. The first-order valence-corrected chi connectivity index (χ1v) is 10.6. The van der Waals surface area contributed by atoms with E-state index < -0.39 is 0 Å². The van der Waals surface area contributed by atoms with Crippen LogP contribution in [0.15, 0.2) is 51.9 Å². The summed E-state index contributed by atoms with van der Waals surface area (Å²) in [6.45, 7) is 8.19. The lowest BCUT2D eigenvalue weighted by molar-refractivity contribution is 0.0123. The van der Waals surface area contributed by atoms with Crippen molar-refractivity contribution in [3.8, 4) is 0 Å². The van der Waals surface area contributed by atoms with Crippen LogP contribution in [0.4, 0.5) is 0 Å². The highest BCUT2D eigenvalue weighted by atomic mass is 127. The molecule has 30 heavy (non-hydrogen) atoms. The highest BCUT2D eigenvalue weighted by molar-refractivity contribution is 14.0. The molecule has 2 unspecified atom stereocenters. The summed E-state index contributed by atoms with van der Waals surface area (Å²) in [4.78, 5) is 9.39. The zero-order valence-corrected chi connectivity index (χ0v) is 20.2. The van der Waals surface area contributed by atoms with Gasteiger partial charge < -0.3 is 19.4 Å². The highest BCUT2D eigenvalue weighted by Crippen LogP contribution is 2.27. The highest BCUT2D eigenvalue weighted by Gasteiger charge is 2.29. The predicted molar refractivity (Wildman–Crippen MR) is 131 cm³/mol. The van der Waals surface area contributed by atoms with E-state index in [1.54, 1.807) is 0 Å². The third kappa shape index (κ3) is 5.56. The Bertz CT molecular complexity index is 805. The van der Waals surface area contributed by atoms with Gasteiger partial charge in [-0.2, -0.15) is 0 Å². The second-order valence-electron chi connectivity index (χ2n) is 7.88. The van der Waals surface area contributed by atoms with Gasteiger partial charge in [-0.05, 0) is 31.0 Å². The number of morpholine rings is 1. The van der Waals surface area contributed by atoms with E-state index in [1.807, 2.05) is 20.0 Å². The van der Waals surface area contributed by atoms with E-state index >= 15 is 0 Å². The Labute approximate surface area is 196 Å². The lowest BCUT2D eigenvalue weighted by atomic mass is 9.99. The molecule has 2 fully saturated rings. The molecule has 2 aliphatic heterocycles. The molecule has 2 aromatic rings. The normalized spacial score (nSPS) is 21.3. The third-order valence-electron chi connectivity index (χ3n) is 6.00. The lowest BCUT2D eigenvalue weighted by Gasteiger charge is -2.34. The summed E-state index contributed by atoms with van der Waals surface area (Å²) in [6, 6.07) is 15.1. The van der Waals surface area contributed by atoms with Crippen LogP contribution in [-0.4, -0.2) is 68.7 Å². The average molecular weight is 524 g/mol. The van der Waals surface area contributed by atoms with E-state index in [0.29, 0.717) is 5.92 Å². The van der Waals surface area contributed by atoms with Crippen LogP contribution in [0.5, 0.6) is 0 Å². The number of guanidine groups is 1. The summed E-state index contributed by atoms with van der Waals surface area (Å²) in [7, 11) is 1.87. The zero-order valence-electron chi connectivity index (χ0n) is 17.9. The molecular formula is C23H33IN4O2. The van der Waals surface area contributed by atoms with Gasteiger partial charge in [0.1, 0.15) is 11.5 Å². The molecule has 0 amide bonds. The van der Waals surface area contributed by atoms with Crippen LogP contribution in [-0.2, 0) is 4.74 Å². The second kappa shape index (κ2) is 11.2. The average Bonchev–Trinajstić information content (AvgIpc) is 3.42. The largest absolute Gasteiger partial charge is 0.465 e. The lowest BCUT2D eigenvalue weighted by Crippen LogP contribution is -2.47. The Morgan fingerprint density at radius 2 is 1.90 bits per heavy atom. The van der Waals surface area contributed by atoms with Gasteiger partial charge in [0, 0.05) is 45.7 Å². The monoisotopic (exact) mass is 524 g/mol. The first-order valence-electron chi connectivity index (χ1n) is 10.6. The Kier molecular flexibility index (Phi) is 8.59. The third-order valence-corrected chi connectivity index (χ3v) is 6.00. The van der Waals surface area contributed by atoms with Crippen molar-refractivity contribution in [2.45, 2.75) is 25.3 Å². The molecule has 1 aromatic carbocycles. The maximum absolute atomic E-state index is 5.99. The van der Waals surface area contributed by atoms with E-state index in [9.17, 15) is 0 Å². The summed E-state index contributed by atoms with van der Waals surface area (Å²) in [5.74, 6) is 3.51. The van der Waals surface area contributed by atoms with Gasteiger partial charge >= 0.3 is 0 Å². The fourth-order valence-electron chi connectivity index (χ4n) is 4.40. The van der Waals surface area contributed by atoms with Crippen molar-refractivity contribution in [2.75, 3.05) is 53.0 Å². The van der Waals surface area contributed by atoms with Crippen molar-refractivity contribution in [2.24, 2.45) is 4.99 Å². The Morgan fingerprint density at radius 1 is 1.13 bits per heavy atom. The van der Waals surface area contributed by atoms with Gasteiger partial charge in [-0.1, -0.05) is 30.3 Å². The number of benzene rings is 1. The van der Waals surface area contributed by atoms with Crippen LogP contribution in [0.1, 0.15) is 35.5 Å². The van der Waals surface area contributed by atoms with Crippen molar-refractivity contribution >= 4 is 29.9 Å². The minimum Gasteiger partial charge on any atom is -0.465 e. The Morgan fingerprint density at radius 3 is 2.57 bits per heavy atom. The smallest absolute Gasteiger partial charge is 0.193 e. The molecule has 0 saturated carbocycles. The van der Waals surface area contributed by atoms with Crippen molar-refractivity contribution in [3.05, 3.63) is 59.5 Å². The zero-order chi connectivity index (χ0) is 20.1. The molecule has 0 radical (unpaired) electrons. The number of likely N-dealkylation sites (tertiary alicyclic amines) is 1. The summed E-state index contributed by atoms with van der Waals surface area (Å²) in [6.07, 6.45) is 1.16. The number of aliphatic imine (C=N–C) groups is 1. The first-order chi connectivity index (χ1) is 14.2. The van der Waals surface area contributed by atoms with Crippen LogP contribution in [0.25, 0.3) is 0 Å². The fraction of sp³-hybridized carbons (Fsp3) is 0.522. The molecule has 0 aliphatic carbocycles. The number of halogens is 1. The van der Waals surface area contributed by atoms with Crippen molar-refractivity contribution < 1.29 is 9.15 Å².